The molecule has 0 amide bonds. The van der Waals surface area contributed by atoms with E-state index in [1.807, 2.05) is 32.9 Å². The van der Waals surface area contributed by atoms with Crippen molar-refractivity contribution in [2.75, 3.05) is 6.54 Å². The Bertz CT molecular complexity index is 834. The molecule has 1 N–H and O–H groups in total. The highest BCUT2D eigenvalue weighted by Crippen LogP contribution is 2.27. The Labute approximate surface area is 144 Å². The molecule has 0 unspecified atom stereocenters. The fraction of sp³-hybridized carbons (Fsp3) is 0.368. The molecule has 0 fully saturated rings. The van der Waals surface area contributed by atoms with Crippen LogP contribution in [0.25, 0.3) is 0 Å². The maximum Gasteiger partial charge on any atom is 0.241 e. The summed E-state index contributed by atoms with van der Waals surface area (Å²) in [6.45, 7) is 9.27. The summed E-state index contributed by atoms with van der Waals surface area (Å²) >= 11 is 0. The smallest absolute Gasteiger partial charge is 0.210 e. The molecule has 0 atom stereocenters. The fourth-order valence-electron chi connectivity index (χ4n) is 3.04. The topological polar surface area (TPSA) is 46.2 Å². The number of benzene rings is 2. The minimum atomic E-state index is -3.66. The molecule has 2 rings (SSSR count). The summed E-state index contributed by atoms with van der Waals surface area (Å²) in [7, 11) is -3.66. The van der Waals surface area contributed by atoms with Gasteiger partial charge in [-0.1, -0.05) is 49.7 Å². The largest absolute Gasteiger partial charge is 0.241 e. The van der Waals surface area contributed by atoms with Crippen LogP contribution in [0.1, 0.15) is 36.1 Å². The molecule has 130 valence electrons. The van der Waals surface area contributed by atoms with E-state index in [2.05, 4.69) is 4.72 Å². The molecule has 0 spiro atoms. The Balaban J connectivity index is 2.30. The second-order valence-electron chi connectivity index (χ2n) is 6.92. The molecule has 0 aliphatic heterocycles. The van der Waals surface area contributed by atoms with Gasteiger partial charge in [-0.2, -0.15) is 0 Å². The zero-order chi connectivity index (χ0) is 18.1. The van der Waals surface area contributed by atoms with Crippen LogP contribution < -0.4 is 4.72 Å². The van der Waals surface area contributed by atoms with E-state index in [-0.39, 0.29) is 12.4 Å². The van der Waals surface area contributed by atoms with Crippen molar-refractivity contribution in [1.82, 2.24) is 4.72 Å². The molecule has 0 bridgehead atoms. The van der Waals surface area contributed by atoms with Crippen LogP contribution in [0.4, 0.5) is 4.39 Å². The zero-order valence-electron chi connectivity index (χ0n) is 14.8. The van der Waals surface area contributed by atoms with Crippen LogP contribution in [0, 0.1) is 26.6 Å². The van der Waals surface area contributed by atoms with E-state index < -0.39 is 15.4 Å². The van der Waals surface area contributed by atoms with E-state index in [0.29, 0.717) is 21.6 Å². The minimum absolute atomic E-state index is 0.114. The van der Waals surface area contributed by atoms with Crippen molar-refractivity contribution in [3.63, 3.8) is 0 Å². The first-order valence-electron chi connectivity index (χ1n) is 7.87. The third kappa shape index (κ3) is 3.84. The molecular weight excluding hydrogens is 325 g/mol. The van der Waals surface area contributed by atoms with E-state index in [1.54, 1.807) is 32.0 Å². The lowest BCUT2D eigenvalue weighted by Crippen LogP contribution is -2.37. The predicted molar refractivity (Wildman–Crippen MR) is 95.3 cm³/mol. The highest BCUT2D eigenvalue weighted by atomic mass is 32.2. The van der Waals surface area contributed by atoms with Gasteiger partial charge in [0.25, 0.3) is 0 Å². The number of rotatable bonds is 5. The normalized spacial score (nSPS) is 12.4. The van der Waals surface area contributed by atoms with Crippen molar-refractivity contribution in [1.29, 1.82) is 0 Å². The molecule has 0 saturated carbocycles. The van der Waals surface area contributed by atoms with Crippen molar-refractivity contribution in [2.24, 2.45) is 0 Å². The second kappa shape index (κ2) is 6.65. The van der Waals surface area contributed by atoms with Crippen molar-refractivity contribution < 1.29 is 12.8 Å². The average molecular weight is 349 g/mol. The van der Waals surface area contributed by atoms with Crippen molar-refractivity contribution in [2.45, 2.75) is 44.9 Å². The third-order valence-electron chi connectivity index (χ3n) is 4.18. The molecule has 3 nitrogen and oxygen atoms in total. The predicted octanol–water partition coefficient (Wildman–Crippen LogP) is 4.01. The maximum atomic E-state index is 14.0. The second-order valence-corrected chi connectivity index (χ2v) is 8.62. The SMILES string of the molecule is Cc1cc(C)c(S(=O)(=O)NCC(C)(C)c2ccccc2F)c(C)c1. The van der Waals surface area contributed by atoms with Crippen molar-refractivity contribution in [3.05, 3.63) is 64.5 Å². The minimum Gasteiger partial charge on any atom is -0.210 e. The van der Waals surface area contributed by atoms with Gasteiger partial charge in [-0.3, -0.25) is 0 Å². The summed E-state index contributed by atoms with van der Waals surface area (Å²) < 4.78 is 42.2. The molecule has 2 aromatic carbocycles. The molecule has 2 aromatic rings. The van der Waals surface area contributed by atoms with E-state index in [1.165, 1.54) is 6.07 Å². The Morgan fingerprint density at radius 2 is 1.58 bits per heavy atom. The number of nitrogens with one attached hydrogen (secondary N) is 1. The molecule has 0 aliphatic carbocycles. The Kier molecular flexibility index (Phi) is 5.16. The summed E-state index contributed by atoms with van der Waals surface area (Å²) in [5.41, 5.74) is 2.28. The van der Waals surface area contributed by atoms with Gasteiger partial charge in [-0.05, 0) is 43.5 Å². The lowest BCUT2D eigenvalue weighted by Gasteiger charge is -2.26. The van der Waals surface area contributed by atoms with Gasteiger partial charge in [-0.15, -0.1) is 0 Å². The molecule has 0 aromatic heterocycles. The van der Waals surface area contributed by atoms with Crippen LogP contribution in [0.2, 0.25) is 0 Å². The first-order chi connectivity index (χ1) is 11.0. The third-order valence-corrected chi connectivity index (χ3v) is 5.89. The van der Waals surface area contributed by atoms with Gasteiger partial charge < -0.3 is 0 Å². The quantitative estimate of drug-likeness (QED) is 0.886. The lowest BCUT2D eigenvalue weighted by molar-refractivity contribution is 0.471. The molecule has 5 heteroatoms. The number of halogens is 1. The Morgan fingerprint density at radius 1 is 1.04 bits per heavy atom. The van der Waals surface area contributed by atoms with Crippen LogP contribution in [-0.4, -0.2) is 15.0 Å². The van der Waals surface area contributed by atoms with Gasteiger partial charge in [0.2, 0.25) is 10.0 Å². The van der Waals surface area contributed by atoms with E-state index in [9.17, 15) is 12.8 Å². The first-order valence-corrected chi connectivity index (χ1v) is 9.35. The van der Waals surface area contributed by atoms with E-state index in [4.69, 9.17) is 0 Å². The summed E-state index contributed by atoms with van der Waals surface area (Å²) in [6, 6.07) is 10.2. The van der Waals surface area contributed by atoms with Crippen LogP contribution in [0.3, 0.4) is 0 Å². The number of aryl methyl sites for hydroxylation is 3. The lowest BCUT2D eigenvalue weighted by atomic mass is 9.84. The van der Waals surface area contributed by atoms with Gasteiger partial charge in [-0.25, -0.2) is 17.5 Å². The Hall–Kier alpha value is -1.72. The van der Waals surface area contributed by atoms with Crippen LogP contribution in [0.5, 0.6) is 0 Å². The number of hydrogen-bond donors (Lipinski definition) is 1. The summed E-state index contributed by atoms with van der Waals surface area (Å²) in [5.74, 6) is -0.329. The molecule has 0 saturated heterocycles. The number of sulfonamides is 1. The standard InChI is InChI=1S/C19H24FNO2S/c1-13-10-14(2)18(15(3)11-13)24(22,23)21-12-19(4,5)16-8-6-7-9-17(16)20/h6-11,21H,12H2,1-5H3. The monoisotopic (exact) mass is 349 g/mol. The summed E-state index contributed by atoms with van der Waals surface area (Å²) in [4.78, 5) is 0.303. The molecular formula is C19H24FNO2S. The van der Waals surface area contributed by atoms with Gasteiger partial charge in [0.05, 0.1) is 4.90 Å². The van der Waals surface area contributed by atoms with Crippen LogP contribution in [0.15, 0.2) is 41.3 Å². The average Bonchev–Trinajstić information content (AvgIpc) is 2.44. The van der Waals surface area contributed by atoms with Gasteiger partial charge >= 0.3 is 0 Å². The first kappa shape index (κ1) is 18.6. The van der Waals surface area contributed by atoms with Crippen LogP contribution >= 0.6 is 0 Å². The van der Waals surface area contributed by atoms with E-state index >= 15 is 0 Å². The molecule has 0 heterocycles. The van der Waals surface area contributed by atoms with Crippen molar-refractivity contribution in [3.8, 4) is 0 Å². The molecule has 0 aliphatic rings. The Morgan fingerprint density at radius 3 is 2.12 bits per heavy atom. The fourth-order valence-corrected chi connectivity index (χ4v) is 4.70. The van der Waals surface area contributed by atoms with E-state index in [0.717, 1.165) is 5.56 Å². The summed E-state index contributed by atoms with van der Waals surface area (Å²) in [5, 5.41) is 0. The van der Waals surface area contributed by atoms with Gasteiger partial charge in [0, 0.05) is 12.0 Å². The molecule has 0 radical (unpaired) electrons. The zero-order valence-corrected chi connectivity index (χ0v) is 15.6. The molecule has 24 heavy (non-hydrogen) atoms. The summed E-state index contributed by atoms with van der Waals surface area (Å²) in [6.07, 6.45) is 0. The van der Waals surface area contributed by atoms with Gasteiger partial charge in [0.1, 0.15) is 5.82 Å². The van der Waals surface area contributed by atoms with Crippen molar-refractivity contribution >= 4 is 10.0 Å². The van der Waals surface area contributed by atoms with Crippen LogP contribution in [-0.2, 0) is 15.4 Å². The number of hydrogen-bond acceptors (Lipinski definition) is 2. The maximum absolute atomic E-state index is 14.0. The highest BCUT2D eigenvalue weighted by Gasteiger charge is 2.28. The van der Waals surface area contributed by atoms with Gasteiger partial charge in [0.15, 0.2) is 0 Å². The highest BCUT2D eigenvalue weighted by molar-refractivity contribution is 7.89.